The van der Waals surface area contributed by atoms with Gasteiger partial charge in [-0.25, -0.2) is 4.98 Å². The van der Waals surface area contributed by atoms with Crippen LogP contribution in [0.5, 0.6) is 11.5 Å². The average Bonchev–Trinajstić information content (AvgIpc) is 3.41. The molecule has 160 valence electrons. The van der Waals surface area contributed by atoms with Crippen LogP contribution in [0.3, 0.4) is 0 Å². The number of methoxy groups -OCH3 is 2. The lowest BCUT2D eigenvalue weighted by Crippen LogP contribution is -2.25. The molecule has 0 bridgehead atoms. The van der Waals surface area contributed by atoms with Crippen molar-refractivity contribution in [1.29, 1.82) is 0 Å². The van der Waals surface area contributed by atoms with Gasteiger partial charge in [-0.05, 0) is 12.1 Å². The van der Waals surface area contributed by atoms with E-state index in [-0.39, 0.29) is 30.4 Å². The standard InChI is InChI=1S/C19H18N6O6/c1-24-18-13(7-21-24)19(27)25(10-20-18)8-16(26)30-9-15-22-17(23-31-15)12-5-4-11(28-2)6-14(12)29-3/h4-7,10H,8-9H2,1-3H3. The topological polar surface area (TPSA) is 136 Å². The fourth-order valence-corrected chi connectivity index (χ4v) is 2.91. The molecule has 0 atom stereocenters. The van der Waals surface area contributed by atoms with Gasteiger partial charge in [0.15, 0.2) is 12.3 Å². The van der Waals surface area contributed by atoms with Gasteiger partial charge in [-0.1, -0.05) is 5.16 Å². The quantitative estimate of drug-likeness (QED) is 0.393. The Morgan fingerprint density at radius 1 is 1.23 bits per heavy atom. The number of rotatable bonds is 7. The smallest absolute Gasteiger partial charge is 0.326 e. The first kappa shape index (κ1) is 20.1. The van der Waals surface area contributed by atoms with Gasteiger partial charge < -0.3 is 18.7 Å². The number of nitrogens with zero attached hydrogens (tertiary/aromatic N) is 6. The molecule has 0 unspecified atom stereocenters. The van der Waals surface area contributed by atoms with E-state index in [2.05, 4.69) is 20.2 Å². The van der Waals surface area contributed by atoms with Gasteiger partial charge in [0.05, 0.1) is 26.0 Å². The number of benzene rings is 1. The highest BCUT2D eigenvalue weighted by atomic mass is 16.6. The first-order valence-electron chi connectivity index (χ1n) is 9.08. The van der Waals surface area contributed by atoms with E-state index in [4.69, 9.17) is 18.7 Å². The molecule has 0 aliphatic heterocycles. The van der Waals surface area contributed by atoms with E-state index in [9.17, 15) is 9.59 Å². The molecule has 31 heavy (non-hydrogen) atoms. The van der Waals surface area contributed by atoms with Crippen molar-refractivity contribution in [2.75, 3.05) is 14.2 Å². The molecular weight excluding hydrogens is 408 g/mol. The van der Waals surface area contributed by atoms with Crippen LogP contribution in [0.25, 0.3) is 22.4 Å². The SMILES string of the molecule is COc1ccc(-c2noc(COC(=O)Cn3cnc4c(cnn4C)c3=O)n2)c(OC)c1. The van der Waals surface area contributed by atoms with Gasteiger partial charge in [-0.15, -0.1) is 0 Å². The number of aromatic nitrogens is 6. The van der Waals surface area contributed by atoms with Crippen LogP contribution >= 0.6 is 0 Å². The Bertz CT molecular complexity index is 1310. The van der Waals surface area contributed by atoms with E-state index in [1.165, 1.54) is 24.3 Å². The van der Waals surface area contributed by atoms with Crippen molar-refractivity contribution in [3.8, 4) is 22.9 Å². The second-order valence-corrected chi connectivity index (χ2v) is 6.42. The summed E-state index contributed by atoms with van der Waals surface area (Å²) in [5.74, 6) is 0.824. The molecule has 0 aliphatic rings. The van der Waals surface area contributed by atoms with Crippen LogP contribution in [0, 0.1) is 0 Å². The van der Waals surface area contributed by atoms with Crippen molar-refractivity contribution in [2.45, 2.75) is 13.2 Å². The second-order valence-electron chi connectivity index (χ2n) is 6.42. The summed E-state index contributed by atoms with van der Waals surface area (Å²) in [7, 11) is 4.74. The first-order chi connectivity index (χ1) is 15.0. The fraction of sp³-hybridized carbons (Fsp3) is 0.263. The molecule has 0 radical (unpaired) electrons. The molecule has 0 saturated carbocycles. The highest BCUT2D eigenvalue weighted by molar-refractivity contribution is 5.74. The van der Waals surface area contributed by atoms with Crippen molar-refractivity contribution in [3.63, 3.8) is 0 Å². The highest BCUT2D eigenvalue weighted by Gasteiger charge is 2.16. The van der Waals surface area contributed by atoms with Crippen LogP contribution in [0.15, 0.2) is 40.0 Å². The molecule has 0 saturated heterocycles. The summed E-state index contributed by atoms with van der Waals surface area (Å²) in [6, 6.07) is 5.15. The van der Waals surface area contributed by atoms with E-state index in [1.807, 2.05) is 0 Å². The zero-order valence-corrected chi connectivity index (χ0v) is 16.9. The highest BCUT2D eigenvalue weighted by Crippen LogP contribution is 2.31. The van der Waals surface area contributed by atoms with Crippen molar-refractivity contribution >= 4 is 17.0 Å². The molecule has 0 spiro atoms. The van der Waals surface area contributed by atoms with Crippen molar-refractivity contribution in [1.82, 2.24) is 29.5 Å². The Balaban J connectivity index is 1.43. The molecule has 12 heteroatoms. The van der Waals surface area contributed by atoms with Crippen molar-refractivity contribution in [3.05, 3.63) is 47.0 Å². The first-order valence-corrected chi connectivity index (χ1v) is 9.08. The third kappa shape index (κ3) is 3.95. The second kappa shape index (κ2) is 8.26. The maximum Gasteiger partial charge on any atom is 0.326 e. The molecule has 3 heterocycles. The lowest BCUT2D eigenvalue weighted by Gasteiger charge is -2.07. The molecule has 0 aliphatic carbocycles. The molecule has 1 aromatic carbocycles. The Morgan fingerprint density at radius 3 is 2.84 bits per heavy atom. The minimum atomic E-state index is -0.658. The van der Waals surface area contributed by atoms with E-state index < -0.39 is 5.97 Å². The summed E-state index contributed by atoms with van der Waals surface area (Å²) in [6.07, 6.45) is 2.67. The summed E-state index contributed by atoms with van der Waals surface area (Å²) >= 11 is 0. The number of hydrogen-bond donors (Lipinski definition) is 0. The summed E-state index contributed by atoms with van der Waals surface area (Å²) in [5, 5.41) is 8.19. The number of carbonyl (C=O) groups excluding carboxylic acids is 1. The van der Waals surface area contributed by atoms with Gasteiger partial charge in [0.1, 0.15) is 29.8 Å². The fourth-order valence-electron chi connectivity index (χ4n) is 2.91. The maximum absolute atomic E-state index is 12.4. The van der Waals surface area contributed by atoms with Gasteiger partial charge in [0.25, 0.3) is 11.4 Å². The monoisotopic (exact) mass is 426 g/mol. The minimum Gasteiger partial charge on any atom is -0.497 e. The Kier molecular flexibility index (Phi) is 5.35. The van der Waals surface area contributed by atoms with E-state index in [0.717, 1.165) is 4.57 Å². The number of carbonyl (C=O) groups is 1. The number of ether oxygens (including phenoxy) is 3. The van der Waals surface area contributed by atoms with Gasteiger partial charge >= 0.3 is 5.97 Å². The third-order valence-electron chi connectivity index (χ3n) is 4.49. The lowest BCUT2D eigenvalue weighted by atomic mass is 10.2. The Morgan fingerprint density at radius 2 is 2.06 bits per heavy atom. The zero-order valence-electron chi connectivity index (χ0n) is 16.9. The number of esters is 1. The van der Waals surface area contributed by atoms with Crippen LogP contribution in [-0.4, -0.2) is 49.7 Å². The number of fused-ring (bicyclic) bond motifs is 1. The molecule has 4 rings (SSSR count). The Labute approximate surface area is 175 Å². The average molecular weight is 426 g/mol. The van der Waals surface area contributed by atoms with Crippen LogP contribution in [0.4, 0.5) is 0 Å². The molecule has 3 aromatic heterocycles. The number of hydrogen-bond acceptors (Lipinski definition) is 10. The molecule has 12 nitrogen and oxygen atoms in total. The van der Waals surface area contributed by atoms with Gasteiger partial charge in [0.2, 0.25) is 5.82 Å². The minimum absolute atomic E-state index is 0.0920. The summed E-state index contributed by atoms with van der Waals surface area (Å²) in [6.45, 7) is -0.564. The lowest BCUT2D eigenvalue weighted by molar-refractivity contribution is -0.146. The summed E-state index contributed by atoms with van der Waals surface area (Å²) in [4.78, 5) is 32.9. The van der Waals surface area contributed by atoms with Crippen molar-refractivity contribution in [2.24, 2.45) is 7.05 Å². The Hall–Kier alpha value is -4.22. The van der Waals surface area contributed by atoms with Crippen molar-refractivity contribution < 1.29 is 23.5 Å². The van der Waals surface area contributed by atoms with E-state index >= 15 is 0 Å². The molecule has 0 fully saturated rings. The van der Waals surface area contributed by atoms with Crippen LogP contribution in [0.2, 0.25) is 0 Å². The van der Waals surface area contributed by atoms with Gasteiger partial charge in [-0.3, -0.25) is 18.8 Å². The molecule has 0 amide bonds. The summed E-state index contributed by atoms with van der Waals surface area (Å²) in [5.41, 5.74) is 0.635. The predicted octanol–water partition coefficient (Wildman–Crippen LogP) is 0.941. The maximum atomic E-state index is 12.4. The molecule has 0 N–H and O–H groups in total. The van der Waals surface area contributed by atoms with Crippen LogP contribution in [-0.2, 0) is 29.7 Å². The predicted molar refractivity (Wildman–Crippen MR) is 105 cm³/mol. The molecular formula is C19H18N6O6. The largest absolute Gasteiger partial charge is 0.497 e. The number of aryl methyl sites for hydroxylation is 1. The van der Waals surface area contributed by atoms with E-state index in [1.54, 1.807) is 32.4 Å². The normalized spacial score (nSPS) is 10.9. The van der Waals surface area contributed by atoms with Crippen LogP contribution < -0.4 is 15.0 Å². The van der Waals surface area contributed by atoms with E-state index in [0.29, 0.717) is 28.1 Å². The third-order valence-corrected chi connectivity index (χ3v) is 4.49. The zero-order chi connectivity index (χ0) is 22.0. The van der Waals surface area contributed by atoms with Crippen LogP contribution in [0.1, 0.15) is 5.89 Å². The van der Waals surface area contributed by atoms with Gasteiger partial charge in [-0.2, -0.15) is 10.1 Å². The molecule has 4 aromatic rings. The summed E-state index contributed by atoms with van der Waals surface area (Å²) < 4.78 is 23.4. The van der Waals surface area contributed by atoms with Gasteiger partial charge in [0, 0.05) is 13.1 Å².